The Morgan fingerprint density at radius 3 is 2.79 bits per heavy atom. The van der Waals surface area contributed by atoms with Crippen molar-refractivity contribution in [3.8, 4) is 6.07 Å². The van der Waals surface area contributed by atoms with Crippen LogP contribution >= 0.6 is 0 Å². The number of fused-ring (bicyclic) bond motifs is 1. The normalized spacial score (nSPS) is 17.0. The minimum absolute atomic E-state index is 0.0327. The number of benzene rings is 1. The fourth-order valence-corrected chi connectivity index (χ4v) is 3.95. The quantitative estimate of drug-likeness (QED) is 0.744. The molecule has 0 aliphatic carbocycles. The number of pyridine rings is 2. The zero-order chi connectivity index (χ0) is 19.5. The van der Waals surface area contributed by atoms with E-state index in [4.69, 9.17) is 5.26 Å². The van der Waals surface area contributed by atoms with Crippen molar-refractivity contribution < 1.29 is 0 Å². The Bertz CT molecular complexity index is 1140. The second-order valence-electron chi connectivity index (χ2n) is 7.43. The lowest BCUT2D eigenvalue weighted by molar-refractivity contribution is 0.310. The third kappa shape index (κ3) is 3.75. The molecule has 4 rings (SSSR count). The highest BCUT2D eigenvalue weighted by atomic mass is 16.1. The van der Waals surface area contributed by atoms with Crippen LogP contribution in [-0.2, 0) is 13.1 Å². The van der Waals surface area contributed by atoms with Crippen LogP contribution in [0.2, 0.25) is 0 Å². The maximum atomic E-state index is 12.7. The van der Waals surface area contributed by atoms with Gasteiger partial charge in [0.2, 0.25) is 0 Å². The zero-order valence-electron chi connectivity index (χ0n) is 15.6. The van der Waals surface area contributed by atoms with Crippen molar-refractivity contribution in [2.45, 2.75) is 25.9 Å². The van der Waals surface area contributed by atoms with Crippen molar-refractivity contribution in [1.82, 2.24) is 14.5 Å². The molecule has 1 aliphatic rings. The van der Waals surface area contributed by atoms with Gasteiger partial charge in [0.1, 0.15) is 11.6 Å². The first-order valence-corrected chi connectivity index (χ1v) is 9.57. The number of nitriles is 1. The van der Waals surface area contributed by atoms with Gasteiger partial charge in [-0.25, -0.2) is 0 Å². The molecule has 3 aromatic rings. The molecule has 142 valence electrons. The SMILES string of the molecule is N#Cc1cc2c(=O)n(CC[C@H]3CCN(Cc4ccccc4)C3)ccc2[nH]c1=O. The fraction of sp³-hybridized carbons (Fsp3) is 0.318. The Hall–Kier alpha value is -3.17. The van der Waals surface area contributed by atoms with Crippen LogP contribution in [0.1, 0.15) is 24.0 Å². The number of aryl methyl sites for hydroxylation is 1. The van der Waals surface area contributed by atoms with Crippen LogP contribution < -0.4 is 11.1 Å². The molecule has 1 aromatic carbocycles. The summed E-state index contributed by atoms with van der Waals surface area (Å²) < 4.78 is 1.68. The Labute approximate surface area is 162 Å². The van der Waals surface area contributed by atoms with Crippen LogP contribution in [0.5, 0.6) is 0 Å². The predicted octanol–water partition coefficient (Wildman–Crippen LogP) is 2.47. The molecule has 6 nitrogen and oxygen atoms in total. The van der Waals surface area contributed by atoms with Crippen LogP contribution in [0, 0.1) is 17.2 Å². The number of aromatic amines is 1. The second-order valence-corrected chi connectivity index (χ2v) is 7.43. The number of rotatable bonds is 5. The number of aromatic nitrogens is 2. The van der Waals surface area contributed by atoms with E-state index in [1.165, 1.54) is 11.6 Å². The summed E-state index contributed by atoms with van der Waals surface area (Å²) in [5.41, 5.74) is 1.15. The standard InChI is InChI=1S/C22H22N4O2/c23-13-18-12-19-20(24-21(18)27)8-11-26(22(19)28)10-7-17-6-9-25(15-17)14-16-4-2-1-3-5-16/h1-5,8,11-12,17H,6-7,9-10,14-15H2,(H,24,27)/t17-/m1/s1. The average molecular weight is 374 g/mol. The van der Waals surface area contributed by atoms with Gasteiger partial charge in [-0.15, -0.1) is 0 Å². The van der Waals surface area contributed by atoms with E-state index in [2.05, 4.69) is 34.1 Å². The predicted molar refractivity (Wildman–Crippen MR) is 108 cm³/mol. The monoisotopic (exact) mass is 374 g/mol. The van der Waals surface area contributed by atoms with Crippen molar-refractivity contribution in [3.63, 3.8) is 0 Å². The highest BCUT2D eigenvalue weighted by molar-refractivity contribution is 5.78. The molecule has 6 heteroatoms. The number of likely N-dealkylation sites (tertiary alicyclic amines) is 1. The highest BCUT2D eigenvalue weighted by Crippen LogP contribution is 2.22. The van der Waals surface area contributed by atoms with Crippen molar-refractivity contribution in [2.24, 2.45) is 5.92 Å². The summed E-state index contributed by atoms with van der Waals surface area (Å²) in [6.45, 7) is 3.74. The van der Waals surface area contributed by atoms with Gasteiger partial charge in [0.25, 0.3) is 11.1 Å². The van der Waals surface area contributed by atoms with Gasteiger partial charge in [0.05, 0.1) is 10.9 Å². The molecule has 1 aliphatic heterocycles. The van der Waals surface area contributed by atoms with E-state index in [1.54, 1.807) is 16.8 Å². The van der Waals surface area contributed by atoms with Gasteiger partial charge in [-0.3, -0.25) is 14.5 Å². The Kier molecular flexibility index (Phi) is 5.09. The first-order chi connectivity index (χ1) is 13.6. The van der Waals surface area contributed by atoms with E-state index in [-0.39, 0.29) is 11.1 Å². The molecule has 1 saturated heterocycles. The molecule has 1 fully saturated rings. The van der Waals surface area contributed by atoms with Gasteiger partial charge in [-0.2, -0.15) is 5.26 Å². The smallest absolute Gasteiger partial charge is 0.266 e. The summed E-state index contributed by atoms with van der Waals surface area (Å²) in [5, 5.41) is 9.42. The lowest BCUT2D eigenvalue weighted by Crippen LogP contribution is -2.24. The number of nitrogens with one attached hydrogen (secondary N) is 1. The molecular weight excluding hydrogens is 352 g/mol. The molecule has 2 aromatic heterocycles. The van der Waals surface area contributed by atoms with E-state index in [0.29, 0.717) is 23.4 Å². The lowest BCUT2D eigenvalue weighted by atomic mass is 10.1. The van der Waals surface area contributed by atoms with Crippen molar-refractivity contribution in [2.75, 3.05) is 13.1 Å². The summed E-state index contributed by atoms with van der Waals surface area (Å²) in [6.07, 6.45) is 3.80. The molecule has 3 heterocycles. The van der Waals surface area contributed by atoms with E-state index < -0.39 is 5.56 Å². The van der Waals surface area contributed by atoms with Crippen LogP contribution in [0.25, 0.3) is 10.9 Å². The molecule has 0 spiro atoms. The summed E-state index contributed by atoms with van der Waals surface area (Å²) in [6, 6.07) is 15.4. The molecule has 1 atom stereocenters. The van der Waals surface area contributed by atoms with E-state index >= 15 is 0 Å². The van der Waals surface area contributed by atoms with Gasteiger partial charge in [-0.05, 0) is 43.0 Å². The Morgan fingerprint density at radius 1 is 1.18 bits per heavy atom. The molecule has 0 radical (unpaired) electrons. The van der Waals surface area contributed by atoms with Gasteiger partial charge in [0.15, 0.2) is 0 Å². The van der Waals surface area contributed by atoms with Crippen LogP contribution in [-0.4, -0.2) is 27.5 Å². The minimum Gasteiger partial charge on any atom is -0.321 e. The van der Waals surface area contributed by atoms with Gasteiger partial charge in [-0.1, -0.05) is 30.3 Å². The Morgan fingerprint density at radius 2 is 2.00 bits per heavy atom. The van der Waals surface area contributed by atoms with Gasteiger partial charge < -0.3 is 9.55 Å². The third-order valence-electron chi connectivity index (χ3n) is 5.50. The third-order valence-corrected chi connectivity index (χ3v) is 5.50. The summed E-state index contributed by atoms with van der Waals surface area (Å²) in [7, 11) is 0. The fourth-order valence-electron chi connectivity index (χ4n) is 3.95. The molecule has 1 N–H and O–H groups in total. The maximum Gasteiger partial charge on any atom is 0.266 e. The van der Waals surface area contributed by atoms with Crippen LogP contribution in [0.3, 0.4) is 0 Å². The largest absolute Gasteiger partial charge is 0.321 e. The summed E-state index contributed by atoms with van der Waals surface area (Å²) in [4.78, 5) is 29.5. The van der Waals surface area contributed by atoms with Crippen molar-refractivity contribution >= 4 is 10.9 Å². The minimum atomic E-state index is -0.461. The second kappa shape index (κ2) is 7.83. The number of hydrogen-bond donors (Lipinski definition) is 1. The van der Waals surface area contributed by atoms with Crippen LogP contribution in [0.15, 0.2) is 58.3 Å². The van der Waals surface area contributed by atoms with Gasteiger partial charge >= 0.3 is 0 Å². The summed E-state index contributed by atoms with van der Waals surface area (Å²) in [5.74, 6) is 0.566. The van der Waals surface area contributed by atoms with E-state index in [9.17, 15) is 9.59 Å². The van der Waals surface area contributed by atoms with Crippen molar-refractivity contribution in [3.05, 3.63) is 80.5 Å². The van der Waals surface area contributed by atoms with Gasteiger partial charge in [0, 0.05) is 25.8 Å². The Balaban J connectivity index is 1.43. The number of hydrogen-bond acceptors (Lipinski definition) is 4. The highest BCUT2D eigenvalue weighted by Gasteiger charge is 2.22. The summed E-state index contributed by atoms with van der Waals surface area (Å²) >= 11 is 0. The van der Waals surface area contributed by atoms with Crippen LogP contribution in [0.4, 0.5) is 0 Å². The lowest BCUT2D eigenvalue weighted by Gasteiger charge is -2.16. The zero-order valence-corrected chi connectivity index (χ0v) is 15.6. The van der Waals surface area contributed by atoms with E-state index in [1.807, 2.05) is 12.1 Å². The molecule has 0 saturated carbocycles. The van der Waals surface area contributed by atoms with E-state index in [0.717, 1.165) is 32.5 Å². The average Bonchev–Trinajstić information content (AvgIpc) is 3.15. The molecule has 28 heavy (non-hydrogen) atoms. The maximum absolute atomic E-state index is 12.7. The number of H-pyrrole nitrogens is 1. The number of nitrogens with zero attached hydrogens (tertiary/aromatic N) is 3. The first kappa shape index (κ1) is 18.2. The topological polar surface area (TPSA) is 81.9 Å². The van der Waals surface area contributed by atoms with Crippen molar-refractivity contribution in [1.29, 1.82) is 5.26 Å². The molecule has 0 amide bonds. The molecule has 0 bridgehead atoms. The first-order valence-electron chi connectivity index (χ1n) is 9.57. The molecule has 0 unspecified atom stereocenters. The molecular formula is C22H22N4O2.